The van der Waals surface area contributed by atoms with E-state index >= 15 is 0 Å². The molecule has 0 unspecified atom stereocenters. The molecule has 0 aliphatic carbocycles. The van der Waals surface area contributed by atoms with Gasteiger partial charge < -0.3 is 9.64 Å². The van der Waals surface area contributed by atoms with Gasteiger partial charge in [0.25, 0.3) is 0 Å². The van der Waals surface area contributed by atoms with Crippen molar-refractivity contribution in [1.82, 2.24) is 19.7 Å². The average Bonchev–Trinajstić information content (AvgIpc) is 2.90. The third-order valence-electron chi connectivity index (χ3n) is 4.00. The fraction of sp³-hybridized carbons (Fsp3) is 0.450. The topological polar surface area (TPSA) is 60.2 Å². The van der Waals surface area contributed by atoms with Crippen molar-refractivity contribution in [2.45, 2.75) is 33.9 Å². The lowest BCUT2D eigenvalue weighted by molar-refractivity contribution is -0.127. The van der Waals surface area contributed by atoms with Crippen LogP contribution in [0.5, 0.6) is 0 Å². The molecule has 0 aliphatic heterocycles. The molecule has 0 fully saturated rings. The van der Waals surface area contributed by atoms with Crippen molar-refractivity contribution in [3.63, 3.8) is 0 Å². The van der Waals surface area contributed by atoms with Crippen LogP contribution in [0.25, 0.3) is 6.08 Å². The Morgan fingerprint density at radius 3 is 2.81 bits per heavy atom. The van der Waals surface area contributed by atoms with Crippen LogP contribution in [0.15, 0.2) is 30.5 Å². The van der Waals surface area contributed by atoms with Crippen molar-refractivity contribution in [3.8, 4) is 0 Å². The van der Waals surface area contributed by atoms with Crippen molar-refractivity contribution in [3.05, 3.63) is 52.6 Å². The van der Waals surface area contributed by atoms with Crippen molar-refractivity contribution in [1.29, 1.82) is 0 Å². The van der Waals surface area contributed by atoms with E-state index in [1.165, 1.54) is 6.08 Å². The molecule has 0 saturated carbocycles. The van der Waals surface area contributed by atoms with Crippen molar-refractivity contribution in [2.24, 2.45) is 5.92 Å². The maximum atomic E-state index is 12.7. The Hall–Kier alpha value is -2.18. The van der Waals surface area contributed by atoms with Gasteiger partial charge in [0.05, 0.1) is 24.5 Å². The van der Waals surface area contributed by atoms with Crippen molar-refractivity contribution in [2.75, 3.05) is 20.3 Å². The van der Waals surface area contributed by atoms with Gasteiger partial charge in [-0.05, 0) is 31.1 Å². The van der Waals surface area contributed by atoms with Gasteiger partial charge in [0.2, 0.25) is 5.91 Å². The molecule has 0 spiro atoms. The summed E-state index contributed by atoms with van der Waals surface area (Å²) in [6, 6.07) is 5.65. The highest BCUT2D eigenvalue weighted by Crippen LogP contribution is 2.22. The minimum absolute atomic E-state index is 0.121. The van der Waals surface area contributed by atoms with E-state index < -0.39 is 0 Å². The average molecular weight is 391 g/mol. The first kappa shape index (κ1) is 21.1. The first-order valence-corrected chi connectivity index (χ1v) is 9.39. The molecule has 0 N–H and O–H groups in total. The number of aromatic nitrogens is 3. The summed E-state index contributed by atoms with van der Waals surface area (Å²) >= 11 is 6.44. The third kappa shape index (κ3) is 6.19. The summed E-state index contributed by atoms with van der Waals surface area (Å²) in [4.78, 5) is 18.7. The Morgan fingerprint density at radius 2 is 2.19 bits per heavy atom. The maximum Gasteiger partial charge on any atom is 0.247 e. The summed E-state index contributed by atoms with van der Waals surface area (Å²) in [5, 5.41) is 5.02. The highest BCUT2D eigenvalue weighted by molar-refractivity contribution is 6.31. The minimum Gasteiger partial charge on any atom is -0.383 e. The second-order valence-electron chi connectivity index (χ2n) is 6.77. The zero-order valence-electron chi connectivity index (χ0n) is 16.4. The fourth-order valence-electron chi connectivity index (χ4n) is 2.64. The number of hydrogen-bond donors (Lipinski definition) is 0. The molecule has 7 heteroatoms. The molecule has 146 valence electrons. The van der Waals surface area contributed by atoms with Gasteiger partial charge in [0.15, 0.2) is 0 Å². The van der Waals surface area contributed by atoms with Gasteiger partial charge in [-0.2, -0.15) is 5.10 Å². The van der Waals surface area contributed by atoms with Crippen LogP contribution >= 0.6 is 11.6 Å². The molecule has 1 amide bonds. The van der Waals surface area contributed by atoms with Crippen molar-refractivity contribution < 1.29 is 9.53 Å². The van der Waals surface area contributed by atoms with Gasteiger partial charge in [-0.15, -0.1) is 0 Å². The Bertz CT molecular complexity index is 772. The Kier molecular flexibility index (Phi) is 8.00. The molecule has 0 aliphatic rings. The molecule has 0 aromatic carbocycles. The van der Waals surface area contributed by atoms with Crippen LogP contribution in [0.1, 0.15) is 30.8 Å². The summed E-state index contributed by atoms with van der Waals surface area (Å²) in [6.07, 6.45) is 4.99. The van der Waals surface area contributed by atoms with Crippen LogP contribution in [-0.4, -0.2) is 45.8 Å². The monoisotopic (exact) mass is 390 g/mol. The van der Waals surface area contributed by atoms with Crippen molar-refractivity contribution >= 4 is 23.6 Å². The molecular weight excluding hydrogens is 364 g/mol. The number of ether oxygens (including phenoxy) is 1. The summed E-state index contributed by atoms with van der Waals surface area (Å²) < 4.78 is 6.91. The second kappa shape index (κ2) is 10.2. The molecule has 27 heavy (non-hydrogen) atoms. The zero-order valence-corrected chi connectivity index (χ0v) is 17.1. The van der Waals surface area contributed by atoms with E-state index in [2.05, 4.69) is 23.9 Å². The number of carbonyl (C=O) groups excluding carboxylic acids is 1. The number of carbonyl (C=O) groups is 1. The van der Waals surface area contributed by atoms with Crippen LogP contribution in [0.4, 0.5) is 0 Å². The lowest BCUT2D eigenvalue weighted by Crippen LogP contribution is -2.32. The maximum absolute atomic E-state index is 12.7. The molecule has 0 bridgehead atoms. The van der Waals surface area contributed by atoms with E-state index in [1.54, 1.807) is 29.0 Å². The molecule has 2 aromatic heterocycles. The van der Waals surface area contributed by atoms with Gasteiger partial charge in [-0.3, -0.25) is 14.5 Å². The summed E-state index contributed by atoms with van der Waals surface area (Å²) in [7, 11) is 1.62. The largest absolute Gasteiger partial charge is 0.383 e. The van der Waals surface area contributed by atoms with Gasteiger partial charge in [0.1, 0.15) is 5.15 Å². The summed E-state index contributed by atoms with van der Waals surface area (Å²) in [5.41, 5.74) is 2.40. The quantitative estimate of drug-likeness (QED) is 0.614. The van der Waals surface area contributed by atoms with Crippen LogP contribution in [0.2, 0.25) is 5.15 Å². The standard InChI is InChI=1S/C20H27ClN4O2/c1-15(2)13-25-20(21)18(16(3)23-25)8-9-19(26)24(11-12-27-4)14-17-7-5-6-10-22-17/h5-10,15H,11-14H2,1-4H3/b9-8+. The Labute approximate surface area is 165 Å². The minimum atomic E-state index is -0.121. The van der Waals surface area contributed by atoms with E-state index in [0.717, 1.165) is 23.5 Å². The predicted molar refractivity (Wildman–Crippen MR) is 107 cm³/mol. The van der Waals surface area contributed by atoms with Crippen LogP contribution in [0, 0.1) is 12.8 Å². The summed E-state index contributed by atoms with van der Waals surface area (Å²) in [6.45, 7) is 8.21. The molecule has 0 atom stereocenters. The van der Waals surface area contributed by atoms with Gasteiger partial charge in [-0.25, -0.2) is 0 Å². The first-order valence-electron chi connectivity index (χ1n) is 9.01. The van der Waals surface area contributed by atoms with E-state index in [4.69, 9.17) is 16.3 Å². The zero-order chi connectivity index (χ0) is 19.8. The Balaban J connectivity index is 2.15. The number of amides is 1. The number of nitrogens with zero attached hydrogens (tertiary/aromatic N) is 4. The molecule has 2 rings (SSSR count). The van der Waals surface area contributed by atoms with Gasteiger partial charge >= 0.3 is 0 Å². The smallest absolute Gasteiger partial charge is 0.247 e. The van der Waals surface area contributed by atoms with E-state index in [0.29, 0.717) is 30.8 Å². The van der Waals surface area contributed by atoms with E-state index in [9.17, 15) is 4.79 Å². The highest BCUT2D eigenvalue weighted by Gasteiger charge is 2.15. The number of rotatable bonds is 9. The Morgan fingerprint density at radius 1 is 1.41 bits per heavy atom. The van der Waals surface area contributed by atoms with E-state index in [1.807, 2.05) is 25.1 Å². The van der Waals surface area contributed by atoms with Crippen LogP contribution in [0.3, 0.4) is 0 Å². The predicted octanol–water partition coefficient (Wildman–Crippen LogP) is 3.58. The normalized spacial score (nSPS) is 11.5. The summed E-state index contributed by atoms with van der Waals surface area (Å²) in [5.74, 6) is 0.313. The number of halogens is 1. The van der Waals surface area contributed by atoms with Crippen LogP contribution in [-0.2, 0) is 22.6 Å². The SMILES string of the molecule is COCCN(Cc1ccccn1)C(=O)/C=C/c1c(C)nn(CC(C)C)c1Cl. The van der Waals surface area contributed by atoms with E-state index in [-0.39, 0.29) is 5.91 Å². The van der Waals surface area contributed by atoms with Crippen LogP contribution < -0.4 is 0 Å². The number of pyridine rings is 1. The highest BCUT2D eigenvalue weighted by atomic mass is 35.5. The molecule has 6 nitrogen and oxygen atoms in total. The number of methoxy groups -OCH3 is 1. The third-order valence-corrected chi connectivity index (χ3v) is 4.39. The molecular formula is C20H27ClN4O2. The lowest BCUT2D eigenvalue weighted by Gasteiger charge is -2.20. The van der Waals surface area contributed by atoms with Gasteiger partial charge in [0, 0.05) is 38.0 Å². The first-order chi connectivity index (χ1) is 12.9. The second-order valence-corrected chi connectivity index (χ2v) is 7.13. The molecule has 2 aromatic rings. The molecule has 0 saturated heterocycles. The lowest BCUT2D eigenvalue weighted by atomic mass is 10.2. The van der Waals surface area contributed by atoms with Gasteiger partial charge in [-0.1, -0.05) is 31.5 Å². The number of aryl methyl sites for hydroxylation is 1. The molecule has 2 heterocycles. The number of hydrogen-bond acceptors (Lipinski definition) is 4. The fourth-order valence-corrected chi connectivity index (χ4v) is 2.95. The molecule has 0 radical (unpaired) electrons.